The topological polar surface area (TPSA) is 90.9 Å². The van der Waals surface area contributed by atoms with Gasteiger partial charge in [0.05, 0.1) is 17.5 Å². The van der Waals surface area contributed by atoms with Gasteiger partial charge in [-0.1, -0.05) is 0 Å². The van der Waals surface area contributed by atoms with Crippen LogP contribution in [0.25, 0.3) is 0 Å². The zero-order chi connectivity index (χ0) is 10.2. The molecule has 0 aliphatic rings. The van der Waals surface area contributed by atoms with Gasteiger partial charge in [0.2, 0.25) is 0 Å². The van der Waals surface area contributed by atoms with Crippen LogP contribution < -0.4 is 11.2 Å². The lowest BCUT2D eigenvalue weighted by atomic mass is 10.6. The Kier molecular flexibility index (Phi) is 2.43. The van der Waals surface area contributed by atoms with Crippen LogP contribution in [-0.2, 0) is 18.3 Å². The van der Waals surface area contributed by atoms with Gasteiger partial charge in [-0.3, -0.25) is 14.2 Å². The first-order valence-corrected chi connectivity index (χ1v) is 4.11. The molecule has 1 N–H and O–H groups in total. The normalized spacial score (nSPS) is 12.8. The van der Waals surface area contributed by atoms with Crippen molar-refractivity contribution in [3.05, 3.63) is 28.0 Å². The van der Waals surface area contributed by atoms with Gasteiger partial charge < -0.3 is 4.55 Å². The molecular formula is C5H5FN3O3S-. The van der Waals surface area contributed by atoms with E-state index in [2.05, 4.69) is 0 Å². The summed E-state index contributed by atoms with van der Waals surface area (Å²) in [5, 5.41) is 7.00. The molecule has 0 radical (unpaired) electrons. The minimum atomic E-state index is -2.86. The molecular weight excluding hydrogens is 201 g/mol. The van der Waals surface area contributed by atoms with E-state index >= 15 is 0 Å². The van der Waals surface area contributed by atoms with Crippen LogP contribution in [0.4, 0.5) is 4.39 Å². The molecule has 0 aromatic carbocycles. The first-order chi connectivity index (χ1) is 5.95. The van der Waals surface area contributed by atoms with Crippen LogP contribution in [0, 0.1) is 11.2 Å². The van der Waals surface area contributed by atoms with Crippen molar-refractivity contribution >= 4 is 11.3 Å². The smallest absolute Gasteiger partial charge is 0.340 e. The summed E-state index contributed by atoms with van der Waals surface area (Å²) in [4.78, 5) is 11.0. The van der Waals surface area contributed by atoms with Gasteiger partial charge in [0.15, 0.2) is 11.3 Å². The van der Waals surface area contributed by atoms with Crippen molar-refractivity contribution in [2.45, 2.75) is 0 Å². The monoisotopic (exact) mass is 206 g/mol. The zero-order valence-electron chi connectivity index (χ0n) is 6.48. The lowest BCUT2D eigenvalue weighted by molar-refractivity contribution is 0.505. The molecule has 0 saturated carbocycles. The van der Waals surface area contributed by atoms with E-state index in [4.69, 9.17) is 5.41 Å². The fraction of sp³-hybridized carbons (Fsp3) is 0.200. The number of rotatable bonds is 1. The molecule has 0 spiro atoms. The van der Waals surface area contributed by atoms with Crippen LogP contribution in [0.5, 0.6) is 0 Å². The van der Waals surface area contributed by atoms with Crippen molar-refractivity contribution < 1.29 is 13.2 Å². The van der Waals surface area contributed by atoms with E-state index in [0.29, 0.717) is 10.8 Å². The number of halogens is 1. The minimum Gasteiger partial charge on any atom is -0.755 e. The van der Waals surface area contributed by atoms with Crippen LogP contribution in [0.3, 0.4) is 0 Å². The highest BCUT2D eigenvalue weighted by atomic mass is 32.2. The van der Waals surface area contributed by atoms with Gasteiger partial charge in [0.25, 0.3) is 0 Å². The Morgan fingerprint density at radius 3 is 2.69 bits per heavy atom. The minimum absolute atomic E-state index is 0.174. The molecule has 0 aliphatic carbocycles. The molecule has 1 atom stereocenters. The highest BCUT2D eigenvalue weighted by Gasteiger charge is 2.04. The third-order valence-electron chi connectivity index (χ3n) is 1.43. The molecule has 0 saturated heterocycles. The maximum Gasteiger partial charge on any atom is 0.340 e. The molecule has 0 fully saturated rings. The number of hydrogen-bond donors (Lipinski definition) is 1. The standard InChI is InChI=1S/C5H6FN3O3S/c1-8-4(7)3(6)2-9(5(8)10)13(11)12/h2,7H,1H3,(H,11,12)/p-1. The van der Waals surface area contributed by atoms with Crippen molar-refractivity contribution in [3.8, 4) is 0 Å². The predicted octanol–water partition coefficient (Wildman–Crippen LogP) is -1.55. The molecule has 1 unspecified atom stereocenters. The fourth-order valence-corrected chi connectivity index (χ4v) is 1.16. The number of hydrogen-bond acceptors (Lipinski definition) is 4. The van der Waals surface area contributed by atoms with E-state index in [1.807, 2.05) is 0 Å². The fourth-order valence-electron chi connectivity index (χ4n) is 0.730. The third kappa shape index (κ3) is 1.58. The van der Waals surface area contributed by atoms with Gasteiger partial charge in [-0.25, -0.2) is 13.2 Å². The lowest BCUT2D eigenvalue weighted by Gasteiger charge is -2.09. The molecule has 72 valence electrons. The van der Waals surface area contributed by atoms with Gasteiger partial charge in [-0.05, 0) is 0 Å². The first kappa shape index (κ1) is 9.81. The van der Waals surface area contributed by atoms with E-state index in [1.165, 1.54) is 0 Å². The Labute approximate surface area is 74.2 Å². The van der Waals surface area contributed by atoms with E-state index in [-0.39, 0.29) is 3.97 Å². The van der Waals surface area contributed by atoms with Gasteiger partial charge in [-0.2, -0.15) is 0 Å². The largest absolute Gasteiger partial charge is 0.755 e. The second-order valence-electron chi connectivity index (χ2n) is 2.21. The molecule has 8 heteroatoms. The maximum atomic E-state index is 12.7. The summed E-state index contributed by atoms with van der Waals surface area (Å²) in [6.45, 7) is 0. The van der Waals surface area contributed by atoms with Crippen LogP contribution in [0.2, 0.25) is 0 Å². The summed E-state index contributed by atoms with van der Waals surface area (Å²) in [5.41, 5.74) is -1.65. The Hall–Kier alpha value is -1.28. The number of nitrogens with zero attached hydrogens (tertiary/aromatic N) is 2. The average molecular weight is 206 g/mol. The molecule has 1 rings (SSSR count). The van der Waals surface area contributed by atoms with Gasteiger partial charge in [-0.15, -0.1) is 0 Å². The van der Waals surface area contributed by atoms with Crippen molar-refractivity contribution in [1.82, 2.24) is 8.54 Å². The Balaban J connectivity index is 3.70. The SMILES string of the molecule is Cn1c(=N)c(F)cn(S(=O)[O-])c1=O. The van der Waals surface area contributed by atoms with Gasteiger partial charge >= 0.3 is 5.69 Å². The highest BCUT2D eigenvalue weighted by Crippen LogP contribution is 1.85. The van der Waals surface area contributed by atoms with E-state index in [1.54, 1.807) is 0 Å². The summed E-state index contributed by atoms with van der Waals surface area (Å²) in [6.07, 6.45) is 0.452. The van der Waals surface area contributed by atoms with Crippen molar-refractivity contribution in [3.63, 3.8) is 0 Å². The molecule has 6 nitrogen and oxygen atoms in total. The summed E-state index contributed by atoms with van der Waals surface area (Å²) < 4.78 is 34.2. The van der Waals surface area contributed by atoms with Crippen molar-refractivity contribution in [1.29, 1.82) is 5.41 Å². The van der Waals surface area contributed by atoms with E-state index in [0.717, 1.165) is 7.05 Å². The van der Waals surface area contributed by atoms with Gasteiger partial charge in [0, 0.05) is 7.05 Å². The zero-order valence-corrected chi connectivity index (χ0v) is 7.30. The molecule has 0 aliphatic heterocycles. The highest BCUT2D eigenvalue weighted by molar-refractivity contribution is 7.77. The number of nitrogens with one attached hydrogen (secondary N) is 1. The Morgan fingerprint density at radius 2 is 2.23 bits per heavy atom. The molecule has 1 heterocycles. The van der Waals surface area contributed by atoms with E-state index < -0.39 is 28.3 Å². The van der Waals surface area contributed by atoms with Crippen LogP contribution in [-0.4, -0.2) is 17.3 Å². The summed E-state index contributed by atoms with van der Waals surface area (Å²) in [6, 6.07) is 0. The number of aromatic nitrogens is 2. The summed E-state index contributed by atoms with van der Waals surface area (Å²) in [7, 11) is 1.11. The molecule has 1 aromatic heterocycles. The van der Waals surface area contributed by atoms with E-state index in [9.17, 15) is 17.9 Å². The molecule has 0 amide bonds. The maximum absolute atomic E-state index is 12.7. The molecule has 0 bridgehead atoms. The van der Waals surface area contributed by atoms with Crippen LogP contribution >= 0.6 is 0 Å². The lowest BCUT2D eigenvalue weighted by Crippen LogP contribution is -2.40. The Bertz CT molecular complexity index is 477. The quantitative estimate of drug-likeness (QED) is 0.564. The summed E-state index contributed by atoms with van der Waals surface area (Å²) >= 11 is -2.86. The second kappa shape index (κ2) is 3.23. The predicted molar refractivity (Wildman–Crippen MR) is 39.8 cm³/mol. The summed E-state index contributed by atoms with van der Waals surface area (Å²) in [5.74, 6) is -1.08. The van der Waals surface area contributed by atoms with Crippen molar-refractivity contribution in [2.24, 2.45) is 7.05 Å². The second-order valence-corrected chi connectivity index (χ2v) is 3.04. The molecule has 1 aromatic rings. The van der Waals surface area contributed by atoms with Crippen LogP contribution in [0.15, 0.2) is 11.0 Å². The van der Waals surface area contributed by atoms with Crippen molar-refractivity contribution in [2.75, 3.05) is 0 Å². The Morgan fingerprint density at radius 1 is 1.69 bits per heavy atom. The average Bonchev–Trinajstić information content (AvgIpc) is 2.07. The van der Waals surface area contributed by atoms with Crippen LogP contribution in [0.1, 0.15) is 0 Å². The van der Waals surface area contributed by atoms with Gasteiger partial charge in [0.1, 0.15) is 0 Å². The molecule has 13 heavy (non-hydrogen) atoms. The third-order valence-corrected chi connectivity index (χ3v) is 2.01. The first-order valence-electron chi connectivity index (χ1n) is 3.07.